The van der Waals surface area contributed by atoms with Crippen molar-refractivity contribution < 1.29 is 19.4 Å². The Balaban J connectivity index is 1.24. The molecule has 27 heavy (non-hydrogen) atoms. The molecule has 2 heterocycles. The largest absolute Gasteiger partial charge is 0.323 e. The van der Waals surface area contributed by atoms with Crippen molar-refractivity contribution in [1.82, 2.24) is 4.90 Å². The third-order valence-electron chi connectivity index (χ3n) is 6.36. The smallest absolute Gasteiger partial charge is 0.262 e. The van der Waals surface area contributed by atoms with Crippen molar-refractivity contribution in [2.75, 3.05) is 39.3 Å². The molecule has 2 fully saturated rings. The van der Waals surface area contributed by atoms with Crippen LogP contribution in [-0.4, -0.2) is 62.0 Å². The van der Waals surface area contributed by atoms with Crippen LogP contribution in [0.1, 0.15) is 52.8 Å². The molecule has 2 aliphatic heterocycles. The van der Waals surface area contributed by atoms with Gasteiger partial charge in [0.15, 0.2) is 0 Å². The summed E-state index contributed by atoms with van der Waals surface area (Å²) in [6, 6.07) is 7.89. The van der Waals surface area contributed by atoms with Gasteiger partial charge in [0, 0.05) is 0 Å². The fraction of sp³-hybridized carbons (Fsp3) is 0.545. The summed E-state index contributed by atoms with van der Waals surface area (Å²) in [6.07, 6.45) is 7.06. The molecule has 1 saturated heterocycles. The van der Waals surface area contributed by atoms with Crippen molar-refractivity contribution in [3.63, 3.8) is 0 Å². The highest BCUT2D eigenvalue weighted by atomic mass is 16.2. The molecule has 0 spiro atoms. The fourth-order valence-electron chi connectivity index (χ4n) is 4.73. The molecule has 142 valence electrons. The molecule has 1 aliphatic carbocycles. The zero-order chi connectivity index (χ0) is 18.6. The van der Waals surface area contributed by atoms with E-state index in [1.807, 2.05) is 0 Å². The molecule has 1 aromatic carbocycles. The summed E-state index contributed by atoms with van der Waals surface area (Å²) in [4.78, 5) is 29.2. The lowest BCUT2D eigenvalue weighted by Crippen LogP contribution is -3.29. The highest BCUT2D eigenvalue weighted by Gasteiger charge is 2.34. The van der Waals surface area contributed by atoms with Gasteiger partial charge in [-0.2, -0.15) is 0 Å². The van der Waals surface area contributed by atoms with Crippen LogP contribution in [0.3, 0.4) is 0 Å². The number of amides is 2. The topological polar surface area (TPSA) is 46.3 Å². The monoisotopic (exact) mass is 367 g/mol. The summed E-state index contributed by atoms with van der Waals surface area (Å²) < 4.78 is 0. The van der Waals surface area contributed by atoms with Crippen molar-refractivity contribution >= 4 is 11.8 Å². The molecule has 0 aromatic heterocycles. The lowest BCUT2D eigenvalue weighted by Gasteiger charge is -2.35. The predicted molar refractivity (Wildman–Crippen MR) is 103 cm³/mol. The van der Waals surface area contributed by atoms with E-state index < -0.39 is 0 Å². The number of quaternary nitrogens is 2. The Morgan fingerprint density at radius 2 is 1.52 bits per heavy atom. The maximum Gasteiger partial charge on any atom is 0.262 e. The van der Waals surface area contributed by atoms with Gasteiger partial charge in [0.25, 0.3) is 11.8 Å². The van der Waals surface area contributed by atoms with E-state index in [2.05, 4.69) is 11.8 Å². The number of hydrogen-bond donors (Lipinski definition) is 2. The van der Waals surface area contributed by atoms with Gasteiger partial charge in [-0.25, -0.2) is 0 Å². The standard InChI is InChI=1S/C22H27N3O2/c26-21-19-10-4-5-11-20(19)22(27)25(21)13-7-6-12-23-14-16-24(17-15-23)18-8-2-1-3-9-18/h4-5,10-11,18H,1-3,8-9,12-17H2/p+2. The van der Waals surface area contributed by atoms with E-state index in [1.165, 1.54) is 68.1 Å². The Bertz CT molecular complexity index is 730. The Labute approximate surface area is 161 Å². The summed E-state index contributed by atoms with van der Waals surface area (Å²) in [5.41, 5.74) is 0.994. The molecule has 4 rings (SSSR count). The van der Waals surface area contributed by atoms with Crippen LogP contribution < -0.4 is 9.80 Å². The molecule has 0 unspecified atom stereocenters. The summed E-state index contributed by atoms with van der Waals surface area (Å²) in [5, 5.41) is 0. The maximum atomic E-state index is 12.3. The number of fused-ring (bicyclic) bond motifs is 1. The minimum Gasteiger partial charge on any atom is -0.323 e. The summed E-state index contributed by atoms with van der Waals surface area (Å²) >= 11 is 0. The van der Waals surface area contributed by atoms with Crippen LogP contribution in [0.25, 0.3) is 0 Å². The molecule has 1 saturated carbocycles. The lowest BCUT2D eigenvalue weighted by atomic mass is 9.94. The molecule has 0 bridgehead atoms. The molecule has 0 atom stereocenters. The van der Waals surface area contributed by atoms with E-state index in [0.717, 1.165) is 12.6 Å². The Kier molecular flexibility index (Phi) is 5.56. The summed E-state index contributed by atoms with van der Waals surface area (Å²) in [7, 11) is 0. The minimum atomic E-state index is -0.220. The normalized spacial score (nSPS) is 25.9. The zero-order valence-corrected chi connectivity index (χ0v) is 15.9. The quantitative estimate of drug-likeness (QED) is 0.554. The number of rotatable bonds is 3. The van der Waals surface area contributed by atoms with E-state index in [4.69, 9.17) is 0 Å². The van der Waals surface area contributed by atoms with E-state index in [1.54, 1.807) is 29.2 Å². The number of carbonyl (C=O) groups excluding carboxylic acids is 2. The van der Waals surface area contributed by atoms with Gasteiger partial charge in [-0.05, 0) is 43.7 Å². The first kappa shape index (κ1) is 18.2. The van der Waals surface area contributed by atoms with Gasteiger partial charge in [-0.15, -0.1) is 0 Å². The highest BCUT2D eigenvalue weighted by molar-refractivity contribution is 6.21. The third kappa shape index (κ3) is 3.92. The van der Waals surface area contributed by atoms with Crippen LogP contribution in [0.2, 0.25) is 0 Å². The van der Waals surface area contributed by atoms with Crippen molar-refractivity contribution in [1.29, 1.82) is 0 Å². The molecule has 5 nitrogen and oxygen atoms in total. The van der Waals surface area contributed by atoms with Crippen LogP contribution in [0, 0.1) is 11.8 Å². The number of carbonyl (C=O) groups is 2. The van der Waals surface area contributed by atoms with Gasteiger partial charge in [-0.3, -0.25) is 14.5 Å². The van der Waals surface area contributed by atoms with Crippen molar-refractivity contribution in [3.8, 4) is 11.8 Å². The Morgan fingerprint density at radius 1 is 0.889 bits per heavy atom. The zero-order valence-electron chi connectivity index (χ0n) is 15.9. The molecule has 3 aliphatic rings. The second kappa shape index (κ2) is 8.24. The van der Waals surface area contributed by atoms with Gasteiger partial charge in [-0.1, -0.05) is 24.5 Å². The number of imide groups is 1. The van der Waals surface area contributed by atoms with Crippen LogP contribution in [-0.2, 0) is 0 Å². The maximum absolute atomic E-state index is 12.3. The molecule has 5 heteroatoms. The summed E-state index contributed by atoms with van der Waals surface area (Å²) in [5.74, 6) is 5.81. The predicted octanol–water partition coefficient (Wildman–Crippen LogP) is -0.598. The average Bonchev–Trinajstić information content (AvgIpc) is 2.97. The van der Waals surface area contributed by atoms with Crippen LogP contribution >= 0.6 is 0 Å². The Morgan fingerprint density at radius 3 is 2.15 bits per heavy atom. The number of hydrogen-bond acceptors (Lipinski definition) is 2. The lowest BCUT2D eigenvalue weighted by molar-refractivity contribution is -1.02. The van der Waals surface area contributed by atoms with Crippen molar-refractivity contribution in [2.24, 2.45) is 0 Å². The molecule has 2 amide bonds. The first-order valence-corrected chi connectivity index (χ1v) is 10.3. The number of nitrogens with one attached hydrogen (secondary N) is 2. The third-order valence-corrected chi connectivity index (χ3v) is 6.36. The summed E-state index contributed by atoms with van der Waals surface area (Å²) in [6.45, 7) is 5.85. The molecular formula is C22H29N3O2+2. The second-order valence-electron chi connectivity index (χ2n) is 8.02. The SMILES string of the molecule is O=C1c2ccccc2C(=O)N1CC#CC[NH+]1CC[NH+](C2CCCCC2)CC1. The average molecular weight is 367 g/mol. The molecule has 0 radical (unpaired) electrons. The van der Waals surface area contributed by atoms with Crippen molar-refractivity contribution in [2.45, 2.75) is 38.1 Å². The van der Waals surface area contributed by atoms with Gasteiger partial charge in [0.1, 0.15) is 32.7 Å². The second-order valence-corrected chi connectivity index (χ2v) is 8.02. The van der Waals surface area contributed by atoms with Gasteiger partial charge >= 0.3 is 0 Å². The van der Waals surface area contributed by atoms with E-state index in [-0.39, 0.29) is 18.4 Å². The van der Waals surface area contributed by atoms with E-state index in [0.29, 0.717) is 11.1 Å². The van der Waals surface area contributed by atoms with Crippen molar-refractivity contribution in [3.05, 3.63) is 35.4 Å². The van der Waals surface area contributed by atoms with Crippen LogP contribution in [0.15, 0.2) is 24.3 Å². The van der Waals surface area contributed by atoms with Gasteiger partial charge < -0.3 is 9.80 Å². The van der Waals surface area contributed by atoms with Gasteiger partial charge in [0.05, 0.1) is 23.7 Å². The Hall–Kier alpha value is -2.16. The fourth-order valence-corrected chi connectivity index (χ4v) is 4.73. The number of nitrogens with zero attached hydrogens (tertiary/aromatic N) is 1. The van der Waals surface area contributed by atoms with Crippen LogP contribution in [0.4, 0.5) is 0 Å². The van der Waals surface area contributed by atoms with Crippen LogP contribution in [0.5, 0.6) is 0 Å². The minimum absolute atomic E-state index is 0.194. The first-order chi connectivity index (χ1) is 13.2. The first-order valence-electron chi connectivity index (χ1n) is 10.3. The van der Waals surface area contributed by atoms with E-state index >= 15 is 0 Å². The molecule has 2 N–H and O–H groups in total. The molecule has 1 aromatic rings. The number of benzene rings is 1. The van der Waals surface area contributed by atoms with E-state index in [9.17, 15) is 9.59 Å². The van der Waals surface area contributed by atoms with Gasteiger partial charge in [0.2, 0.25) is 0 Å². The highest BCUT2D eigenvalue weighted by Crippen LogP contribution is 2.21. The molecular weight excluding hydrogens is 338 g/mol. The number of piperazine rings is 1.